The van der Waals surface area contributed by atoms with E-state index in [0.717, 1.165) is 26.2 Å². The Kier molecular flexibility index (Phi) is 12.8. The summed E-state index contributed by atoms with van der Waals surface area (Å²) < 4.78 is 0.201. The van der Waals surface area contributed by atoms with Crippen LogP contribution in [0.5, 0.6) is 0 Å². The van der Waals surface area contributed by atoms with Crippen LogP contribution < -0.4 is 21.3 Å². The van der Waals surface area contributed by atoms with E-state index in [4.69, 9.17) is 25.2 Å². The van der Waals surface area contributed by atoms with E-state index in [1.54, 1.807) is 0 Å². The van der Waals surface area contributed by atoms with Gasteiger partial charge in [-0.05, 0) is 37.8 Å². The fraction of sp³-hybridized carbons (Fsp3) is 0.800. The molecule has 1 aliphatic heterocycles. The summed E-state index contributed by atoms with van der Waals surface area (Å²) in [6, 6.07) is 6.86. The molecule has 2 fully saturated rings. The van der Waals surface area contributed by atoms with E-state index in [9.17, 15) is 0 Å². The van der Waals surface area contributed by atoms with Crippen molar-refractivity contribution in [1.82, 2.24) is 26.3 Å². The second-order valence-electron chi connectivity index (χ2n) is 10.7. The van der Waals surface area contributed by atoms with Crippen molar-refractivity contribution in [1.29, 1.82) is 0 Å². The van der Waals surface area contributed by atoms with Gasteiger partial charge in [0.25, 0.3) is 0 Å². The Labute approximate surface area is 226 Å². The second-order valence-corrected chi connectivity index (χ2v) is 14.6. The number of hydrogen-bond acceptors (Lipinski definition) is 6. The molecule has 2 aliphatic carbocycles. The minimum absolute atomic E-state index is 0.00694. The van der Waals surface area contributed by atoms with Crippen LogP contribution in [-0.4, -0.2) is 47.0 Å². The molecule has 0 aromatic carbocycles. The molecule has 9 heteroatoms. The van der Waals surface area contributed by atoms with Gasteiger partial charge in [-0.1, -0.05) is 46.5 Å². The molecule has 0 radical (unpaired) electrons. The van der Waals surface area contributed by atoms with Gasteiger partial charge in [-0.2, -0.15) is 0 Å². The standard InChI is InChI=1S/C25H43N5S.2ClH.Mn/c1-25(2,3)31-20-14-18-16-28-23-10-6-4-8-21(23)26-12-13-27-22-9-5-7-11-24(22)29-17-19(15-20)30-18;;;/h14-15,21-24,26-29H,4-13,16-17H2,1-3H3;2*1H;/q;;;+2/p-2/t21-,22-,23-,24-;;;/m1.../s1. The molecule has 2 saturated carbocycles. The summed E-state index contributed by atoms with van der Waals surface area (Å²) >= 11 is 1.96. The molecule has 1 aromatic heterocycles. The summed E-state index contributed by atoms with van der Waals surface area (Å²) in [4.78, 5) is 6.41. The van der Waals surface area contributed by atoms with E-state index < -0.39 is 0 Å². The first kappa shape index (κ1) is 29.0. The third-order valence-electron chi connectivity index (χ3n) is 6.89. The number of nitrogens with zero attached hydrogens (tertiary/aromatic N) is 1. The molecule has 4 atom stereocenters. The van der Waals surface area contributed by atoms with Gasteiger partial charge < -0.3 is 21.3 Å². The number of fused-ring (bicyclic) bond motifs is 4. The number of thioether (sulfide) groups is 1. The van der Waals surface area contributed by atoms with E-state index >= 15 is 0 Å². The van der Waals surface area contributed by atoms with Crippen molar-refractivity contribution in [3.63, 3.8) is 0 Å². The van der Waals surface area contributed by atoms with Gasteiger partial charge in [0.2, 0.25) is 0 Å². The van der Waals surface area contributed by atoms with Gasteiger partial charge >= 0.3 is 33.3 Å². The van der Waals surface area contributed by atoms with E-state index in [1.165, 1.54) is 67.6 Å². The summed E-state index contributed by atoms with van der Waals surface area (Å²) in [6.07, 6.45) is 10.5. The Bertz CT molecular complexity index is 687. The van der Waals surface area contributed by atoms with Crippen LogP contribution in [-0.2, 0) is 26.2 Å². The Balaban J connectivity index is 0.00000103. The van der Waals surface area contributed by atoms with Crippen molar-refractivity contribution in [2.45, 2.75) is 119 Å². The SMILES string of the molecule is CC(C)(C)Sc1cc2nc(c1)CN[C@@H]1CCCC[C@H]1NCCN[C@@H]1CCCC[C@H]1NC2.[Cl][Mn][Cl]. The average molecular weight is 572 g/mol. The minimum atomic E-state index is 0.00694. The molecule has 0 unspecified atom stereocenters. The topological polar surface area (TPSA) is 61.0 Å². The summed E-state index contributed by atoms with van der Waals surface area (Å²) in [6.45, 7) is 10.7. The number of halogens is 2. The van der Waals surface area contributed by atoms with Crippen molar-refractivity contribution in [2.24, 2.45) is 0 Å². The summed E-state index contributed by atoms with van der Waals surface area (Å²) in [5.74, 6) is 0. The summed E-state index contributed by atoms with van der Waals surface area (Å²) in [5, 5.41) is 15.5. The maximum absolute atomic E-state index is 5.07. The Morgan fingerprint density at radius 2 is 1.15 bits per heavy atom. The molecular weight excluding hydrogens is 528 g/mol. The molecule has 0 saturated heterocycles. The second kappa shape index (κ2) is 15.0. The van der Waals surface area contributed by atoms with Crippen molar-refractivity contribution in [3.8, 4) is 0 Å². The zero-order chi connectivity index (χ0) is 24.4. The molecule has 3 aliphatic rings. The van der Waals surface area contributed by atoms with Crippen LogP contribution in [0, 0.1) is 0 Å². The van der Waals surface area contributed by atoms with Crippen molar-refractivity contribution in [3.05, 3.63) is 23.5 Å². The Morgan fingerprint density at radius 1 is 0.765 bits per heavy atom. The first-order valence-corrected chi connectivity index (χ1v) is 16.9. The monoisotopic (exact) mass is 570 g/mol. The average Bonchev–Trinajstić information content (AvgIpc) is 2.79. The predicted molar refractivity (Wildman–Crippen MR) is 143 cm³/mol. The van der Waals surface area contributed by atoms with Crippen LogP contribution in [0.2, 0.25) is 0 Å². The molecule has 5 nitrogen and oxygen atoms in total. The molecule has 195 valence electrons. The van der Waals surface area contributed by atoms with E-state index in [0.29, 0.717) is 24.2 Å². The fourth-order valence-corrected chi connectivity index (χ4v) is 6.54. The normalized spacial score (nSPS) is 28.9. The number of aromatic nitrogens is 1. The van der Waals surface area contributed by atoms with Crippen molar-refractivity contribution >= 4 is 32.0 Å². The van der Waals surface area contributed by atoms with Gasteiger partial charge in [-0.25, -0.2) is 0 Å². The molecule has 1 aromatic rings. The first-order chi connectivity index (χ1) is 16.4. The van der Waals surface area contributed by atoms with E-state index in [2.05, 4.69) is 54.2 Å². The van der Waals surface area contributed by atoms with Crippen LogP contribution in [0.4, 0.5) is 0 Å². The molecule has 34 heavy (non-hydrogen) atoms. The van der Waals surface area contributed by atoms with Gasteiger partial charge in [0.1, 0.15) is 0 Å². The third kappa shape index (κ3) is 10.1. The van der Waals surface area contributed by atoms with Crippen molar-refractivity contribution in [2.75, 3.05) is 13.1 Å². The van der Waals surface area contributed by atoms with Crippen molar-refractivity contribution < 1.29 is 13.1 Å². The van der Waals surface area contributed by atoms with Gasteiger partial charge in [-0.3, -0.25) is 4.98 Å². The van der Waals surface area contributed by atoms with Gasteiger partial charge in [0.05, 0.1) is 11.4 Å². The molecule has 0 spiro atoms. The first-order valence-electron chi connectivity index (χ1n) is 12.9. The molecule has 2 bridgehead atoms. The van der Waals surface area contributed by atoms with Crippen LogP contribution in [0.3, 0.4) is 0 Å². The number of rotatable bonds is 1. The molecule has 0 amide bonds. The van der Waals surface area contributed by atoms with Gasteiger partial charge in [0.15, 0.2) is 0 Å². The van der Waals surface area contributed by atoms with Crippen LogP contribution >= 0.6 is 32.0 Å². The van der Waals surface area contributed by atoms with Gasteiger partial charge in [0, 0.05) is 60.0 Å². The number of hydrogen-bond donors (Lipinski definition) is 4. The Hall–Kier alpha value is 0.439. The fourth-order valence-electron chi connectivity index (χ4n) is 5.44. The predicted octanol–water partition coefficient (Wildman–Crippen LogP) is 5.34. The zero-order valence-electron chi connectivity index (χ0n) is 20.9. The molecule has 4 rings (SSSR count). The van der Waals surface area contributed by atoms with Crippen LogP contribution in [0.25, 0.3) is 0 Å². The maximum atomic E-state index is 5.07. The third-order valence-corrected chi connectivity index (χ3v) is 7.97. The van der Waals surface area contributed by atoms with Gasteiger partial charge in [-0.15, -0.1) is 11.8 Å². The van der Waals surface area contributed by atoms with E-state index in [1.807, 2.05) is 11.8 Å². The summed E-state index contributed by atoms with van der Waals surface area (Å²) in [5.41, 5.74) is 2.37. The number of pyridine rings is 1. The van der Waals surface area contributed by atoms with E-state index in [-0.39, 0.29) is 17.9 Å². The summed E-state index contributed by atoms with van der Waals surface area (Å²) in [7, 11) is 9.59. The van der Waals surface area contributed by atoms with Crippen LogP contribution in [0.15, 0.2) is 17.0 Å². The number of nitrogens with one attached hydrogen (secondary N) is 4. The zero-order valence-corrected chi connectivity index (χ0v) is 24.4. The Morgan fingerprint density at radius 3 is 1.53 bits per heavy atom. The van der Waals surface area contributed by atoms with Crippen LogP contribution in [0.1, 0.15) is 83.5 Å². The molecule has 2 heterocycles. The molecule has 4 N–H and O–H groups in total. The molecular formula is C25H43Cl2MnN5S. The quantitative estimate of drug-likeness (QED) is 0.270.